The Kier molecular flexibility index (Phi) is 4.78. The predicted molar refractivity (Wildman–Crippen MR) is 77.7 cm³/mol. The summed E-state index contributed by atoms with van der Waals surface area (Å²) in [5.74, 6) is 0.416. The van der Waals surface area contributed by atoms with Gasteiger partial charge in [-0.05, 0) is 13.0 Å². The van der Waals surface area contributed by atoms with Crippen LogP contribution in [-0.4, -0.2) is 42.6 Å². The molecule has 0 N–H and O–H groups in total. The zero-order valence-corrected chi connectivity index (χ0v) is 12.5. The lowest BCUT2D eigenvalue weighted by Gasteiger charge is -2.35. The van der Waals surface area contributed by atoms with Gasteiger partial charge in [0, 0.05) is 38.9 Å². The van der Waals surface area contributed by atoms with E-state index in [1.165, 1.54) is 0 Å². The highest BCUT2D eigenvalue weighted by Gasteiger charge is 2.32. The van der Waals surface area contributed by atoms with Crippen molar-refractivity contribution in [3.8, 4) is 0 Å². The Morgan fingerprint density at radius 3 is 2.43 bits per heavy atom. The zero-order chi connectivity index (χ0) is 15.6. The molecule has 0 atom stereocenters. The largest absolute Gasteiger partial charge is 0.417 e. The number of aromatic nitrogens is 1. The quantitative estimate of drug-likeness (QED) is 0.796. The van der Waals surface area contributed by atoms with Gasteiger partial charge in [-0.1, -0.05) is 23.8 Å². The summed E-state index contributed by atoms with van der Waals surface area (Å²) in [6.45, 7) is 9.68. The molecule has 0 radical (unpaired) electrons. The molecule has 2 heterocycles. The minimum absolute atomic E-state index is 0.0400. The van der Waals surface area contributed by atoms with Gasteiger partial charge in [-0.25, -0.2) is 4.98 Å². The van der Waals surface area contributed by atoms with Gasteiger partial charge in [0.05, 0.1) is 10.6 Å². The van der Waals surface area contributed by atoms with Crippen LogP contribution in [0.1, 0.15) is 12.5 Å². The number of alkyl halides is 3. The first-order chi connectivity index (χ1) is 9.77. The van der Waals surface area contributed by atoms with Crippen molar-refractivity contribution < 1.29 is 13.2 Å². The Morgan fingerprint density at radius 2 is 1.95 bits per heavy atom. The molecule has 0 amide bonds. The van der Waals surface area contributed by atoms with Crippen LogP contribution < -0.4 is 4.90 Å². The van der Waals surface area contributed by atoms with E-state index in [4.69, 9.17) is 11.6 Å². The zero-order valence-electron chi connectivity index (χ0n) is 11.8. The lowest BCUT2D eigenvalue weighted by atomic mass is 10.2. The standard InChI is InChI=1S/C14H17ClF3N3/c1-10(2)9-20-3-5-21(6-4-20)13-12(15)7-11(8-19-13)14(16,17)18/h7-8H,1,3-6,9H2,2H3. The molecular weight excluding hydrogens is 303 g/mol. The number of anilines is 1. The Hall–Kier alpha value is -1.27. The molecule has 1 aliphatic heterocycles. The van der Waals surface area contributed by atoms with Crippen molar-refractivity contribution in [1.29, 1.82) is 0 Å². The third kappa shape index (κ3) is 4.11. The lowest BCUT2D eigenvalue weighted by Crippen LogP contribution is -2.47. The average Bonchev–Trinajstić information content (AvgIpc) is 2.38. The molecule has 0 bridgehead atoms. The van der Waals surface area contributed by atoms with E-state index in [1.54, 1.807) is 0 Å². The molecule has 0 aromatic carbocycles. The van der Waals surface area contributed by atoms with Crippen molar-refractivity contribution in [3.63, 3.8) is 0 Å². The fourth-order valence-electron chi connectivity index (χ4n) is 2.32. The maximum atomic E-state index is 12.6. The second kappa shape index (κ2) is 6.23. The predicted octanol–water partition coefficient (Wildman–Crippen LogP) is 3.45. The van der Waals surface area contributed by atoms with Crippen molar-refractivity contribution in [2.75, 3.05) is 37.6 Å². The minimum Gasteiger partial charge on any atom is -0.353 e. The molecule has 0 unspecified atom stereocenters. The smallest absolute Gasteiger partial charge is 0.353 e. The molecule has 1 fully saturated rings. The summed E-state index contributed by atoms with van der Waals surface area (Å²) in [6, 6.07) is 0.935. The highest BCUT2D eigenvalue weighted by molar-refractivity contribution is 6.33. The van der Waals surface area contributed by atoms with E-state index >= 15 is 0 Å². The highest BCUT2D eigenvalue weighted by atomic mass is 35.5. The fraction of sp³-hybridized carbons (Fsp3) is 0.500. The van der Waals surface area contributed by atoms with E-state index in [2.05, 4.69) is 16.5 Å². The third-order valence-corrected chi connectivity index (χ3v) is 3.59. The van der Waals surface area contributed by atoms with Gasteiger partial charge in [0.2, 0.25) is 0 Å². The first kappa shape index (κ1) is 16.1. The third-order valence-electron chi connectivity index (χ3n) is 3.31. The number of rotatable bonds is 3. The van der Waals surface area contributed by atoms with Gasteiger partial charge in [0.1, 0.15) is 5.82 Å². The van der Waals surface area contributed by atoms with Crippen LogP contribution >= 0.6 is 11.6 Å². The Labute approximate surface area is 127 Å². The van der Waals surface area contributed by atoms with Gasteiger partial charge < -0.3 is 4.90 Å². The van der Waals surface area contributed by atoms with Crippen LogP contribution in [0.5, 0.6) is 0 Å². The summed E-state index contributed by atoms with van der Waals surface area (Å²) in [5, 5.41) is 0.0400. The van der Waals surface area contributed by atoms with Crippen LogP contribution in [0.3, 0.4) is 0 Å². The van der Waals surface area contributed by atoms with Crippen molar-refractivity contribution in [1.82, 2.24) is 9.88 Å². The summed E-state index contributed by atoms with van der Waals surface area (Å²) < 4.78 is 37.8. The second-order valence-electron chi connectivity index (χ2n) is 5.25. The van der Waals surface area contributed by atoms with Crippen molar-refractivity contribution >= 4 is 17.4 Å². The average molecular weight is 320 g/mol. The number of nitrogens with zero attached hydrogens (tertiary/aromatic N) is 3. The topological polar surface area (TPSA) is 19.4 Å². The fourth-order valence-corrected chi connectivity index (χ4v) is 2.60. The molecular formula is C14H17ClF3N3. The number of hydrogen-bond acceptors (Lipinski definition) is 3. The first-order valence-electron chi connectivity index (χ1n) is 6.62. The SMILES string of the molecule is C=C(C)CN1CCN(c2ncc(C(F)(F)F)cc2Cl)CC1. The summed E-state index contributed by atoms with van der Waals surface area (Å²) in [5.41, 5.74) is 0.270. The molecule has 0 saturated carbocycles. The van der Waals surface area contributed by atoms with Crippen molar-refractivity contribution in [2.45, 2.75) is 13.1 Å². The van der Waals surface area contributed by atoms with E-state index in [9.17, 15) is 13.2 Å². The molecule has 0 aliphatic carbocycles. The number of pyridine rings is 1. The molecule has 1 saturated heterocycles. The molecule has 1 aromatic heterocycles. The summed E-state index contributed by atoms with van der Waals surface area (Å²) >= 11 is 5.96. The van der Waals surface area contributed by atoms with Crippen LogP contribution in [0.4, 0.5) is 19.0 Å². The van der Waals surface area contributed by atoms with Gasteiger partial charge in [0.25, 0.3) is 0 Å². The van der Waals surface area contributed by atoms with E-state index in [0.29, 0.717) is 18.9 Å². The van der Waals surface area contributed by atoms with Crippen molar-refractivity contribution in [3.05, 3.63) is 35.0 Å². The molecule has 1 aliphatic rings. The van der Waals surface area contributed by atoms with Crippen LogP contribution in [0.15, 0.2) is 24.4 Å². The van der Waals surface area contributed by atoms with E-state index in [-0.39, 0.29) is 5.02 Å². The second-order valence-corrected chi connectivity index (χ2v) is 5.65. The monoisotopic (exact) mass is 319 g/mol. The maximum Gasteiger partial charge on any atom is 0.417 e. The minimum atomic E-state index is -4.42. The van der Waals surface area contributed by atoms with Gasteiger partial charge in [-0.15, -0.1) is 0 Å². The van der Waals surface area contributed by atoms with Gasteiger partial charge in [-0.2, -0.15) is 13.2 Å². The number of halogens is 4. The molecule has 2 rings (SSSR count). The van der Waals surface area contributed by atoms with Gasteiger partial charge in [0.15, 0.2) is 0 Å². The first-order valence-corrected chi connectivity index (χ1v) is 6.99. The lowest BCUT2D eigenvalue weighted by molar-refractivity contribution is -0.137. The summed E-state index contributed by atoms with van der Waals surface area (Å²) in [4.78, 5) is 8.05. The van der Waals surface area contributed by atoms with Gasteiger partial charge >= 0.3 is 6.18 Å². The molecule has 21 heavy (non-hydrogen) atoms. The highest BCUT2D eigenvalue weighted by Crippen LogP contribution is 2.33. The molecule has 1 aromatic rings. The Morgan fingerprint density at radius 1 is 1.33 bits per heavy atom. The van der Waals surface area contributed by atoms with E-state index in [1.807, 2.05) is 11.8 Å². The normalized spacial score (nSPS) is 17.1. The van der Waals surface area contributed by atoms with Crippen molar-refractivity contribution in [2.24, 2.45) is 0 Å². The maximum absolute atomic E-state index is 12.6. The molecule has 116 valence electrons. The summed E-state index contributed by atoms with van der Waals surface area (Å²) in [7, 11) is 0. The molecule has 3 nitrogen and oxygen atoms in total. The van der Waals surface area contributed by atoms with E-state index < -0.39 is 11.7 Å². The number of piperazine rings is 1. The molecule has 7 heteroatoms. The van der Waals surface area contributed by atoms with Crippen LogP contribution in [0.25, 0.3) is 0 Å². The summed E-state index contributed by atoms with van der Waals surface area (Å²) in [6.07, 6.45) is -3.59. The molecule has 0 spiro atoms. The Bertz CT molecular complexity index is 523. The van der Waals surface area contributed by atoms with Gasteiger partial charge in [-0.3, -0.25) is 4.90 Å². The van der Waals surface area contributed by atoms with Crippen LogP contribution in [-0.2, 0) is 6.18 Å². The number of hydrogen-bond donors (Lipinski definition) is 0. The van der Waals surface area contributed by atoms with Crippen LogP contribution in [0, 0.1) is 0 Å². The van der Waals surface area contributed by atoms with E-state index in [0.717, 1.165) is 37.5 Å². The Balaban J connectivity index is 2.05. The van der Waals surface area contributed by atoms with Crippen LogP contribution in [0.2, 0.25) is 5.02 Å².